The summed E-state index contributed by atoms with van der Waals surface area (Å²) in [5.74, 6) is 5.33. The van der Waals surface area contributed by atoms with E-state index >= 15 is 0 Å². The average Bonchev–Trinajstić information content (AvgIpc) is 2.48. The van der Waals surface area contributed by atoms with Gasteiger partial charge in [0.15, 0.2) is 0 Å². The van der Waals surface area contributed by atoms with Gasteiger partial charge in [-0.2, -0.15) is 0 Å². The molecule has 2 rings (SSSR count). The van der Waals surface area contributed by atoms with Crippen molar-refractivity contribution in [3.8, 4) is 5.75 Å². The molecule has 98 valence electrons. The summed E-state index contributed by atoms with van der Waals surface area (Å²) in [7, 11) is 0. The summed E-state index contributed by atoms with van der Waals surface area (Å²) in [5.41, 5.74) is 3.75. The predicted molar refractivity (Wildman–Crippen MR) is 73.7 cm³/mol. The number of nitrogens with two attached hydrogens (primary N) is 1. The molecule has 0 saturated carbocycles. The van der Waals surface area contributed by atoms with Crippen LogP contribution in [0.3, 0.4) is 0 Å². The molecule has 0 radical (unpaired) electrons. The smallest absolute Gasteiger partial charge is 0.268 e. The van der Waals surface area contributed by atoms with Crippen LogP contribution in [-0.2, 0) is 6.42 Å². The van der Waals surface area contributed by atoms with Gasteiger partial charge in [0.1, 0.15) is 5.75 Å². The number of carbonyl (C=O) groups is 1. The van der Waals surface area contributed by atoms with Crippen LogP contribution in [0.25, 0.3) is 0 Å². The molecule has 0 aliphatic carbocycles. The lowest BCUT2D eigenvalue weighted by molar-refractivity contribution is 0.0949. The zero-order valence-corrected chi connectivity index (χ0v) is 10.5. The number of hydrogen-bond donors (Lipinski definition) is 2. The molecule has 1 amide bonds. The summed E-state index contributed by atoms with van der Waals surface area (Å²) in [6.07, 6.45) is 0.791. The standard InChI is InChI=1S/C15H16N2O2/c16-17-15(18)13-8-4-5-9-14(13)19-11-10-12-6-2-1-3-7-12/h1-9H,10-11,16H2,(H,17,18). The van der Waals surface area contributed by atoms with Gasteiger partial charge in [-0.05, 0) is 17.7 Å². The molecule has 2 aromatic rings. The second kappa shape index (κ2) is 6.56. The maximum Gasteiger partial charge on any atom is 0.268 e. The van der Waals surface area contributed by atoms with E-state index < -0.39 is 0 Å². The lowest BCUT2D eigenvalue weighted by Crippen LogP contribution is -2.30. The molecule has 0 atom stereocenters. The van der Waals surface area contributed by atoms with E-state index in [-0.39, 0.29) is 5.91 Å². The Morgan fingerprint density at radius 3 is 2.47 bits per heavy atom. The minimum absolute atomic E-state index is 0.352. The second-order valence-electron chi connectivity index (χ2n) is 4.05. The summed E-state index contributed by atoms with van der Waals surface area (Å²) >= 11 is 0. The number of ether oxygens (including phenoxy) is 1. The van der Waals surface area contributed by atoms with Crippen molar-refractivity contribution in [2.45, 2.75) is 6.42 Å². The molecule has 2 aromatic carbocycles. The topological polar surface area (TPSA) is 64.3 Å². The highest BCUT2D eigenvalue weighted by molar-refractivity contribution is 5.96. The van der Waals surface area contributed by atoms with Crippen molar-refractivity contribution >= 4 is 5.91 Å². The number of nitrogens with one attached hydrogen (secondary N) is 1. The van der Waals surface area contributed by atoms with Crippen molar-refractivity contribution in [1.82, 2.24) is 5.43 Å². The van der Waals surface area contributed by atoms with Crippen molar-refractivity contribution in [1.29, 1.82) is 0 Å². The van der Waals surface area contributed by atoms with E-state index in [1.165, 1.54) is 5.56 Å². The monoisotopic (exact) mass is 256 g/mol. The lowest BCUT2D eigenvalue weighted by Gasteiger charge is -2.10. The third kappa shape index (κ3) is 3.56. The Kier molecular flexibility index (Phi) is 4.53. The van der Waals surface area contributed by atoms with E-state index in [0.717, 1.165) is 6.42 Å². The van der Waals surface area contributed by atoms with Gasteiger partial charge >= 0.3 is 0 Å². The molecule has 0 fully saturated rings. The molecule has 0 heterocycles. The van der Waals surface area contributed by atoms with Gasteiger partial charge in [-0.1, -0.05) is 42.5 Å². The number of para-hydroxylation sites is 1. The fourth-order valence-corrected chi connectivity index (χ4v) is 1.78. The van der Waals surface area contributed by atoms with Gasteiger partial charge in [-0.25, -0.2) is 5.84 Å². The Morgan fingerprint density at radius 1 is 1.05 bits per heavy atom. The van der Waals surface area contributed by atoms with E-state index in [1.54, 1.807) is 18.2 Å². The number of benzene rings is 2. The van der Waals surface area contributed by atoms with Crippen molar-refractivity contribution in [3.05, 3.63) is 65.7 Å². The van der Waals surface area contributed by atoms with Crippen LogP contribution >= 0.6 is 0 Å². The summed E-state index contributed by atoms with van der Waals surface area (Å²) in [6.45, 7) is 0.513. The van der Waals surface area contributed by atoms with Crippen LogP contribution in [0, 0.1) is 0 Å². The minimum Gasteiger partial charge on any atom is -0.492 e. The lowest BCUT2D eigenvalue weighted by atomic mass is 10.1. The first kappa shape index (κ1) is 13.1. The number of hydrazine groups is 1. The first-order valence-electron chi connectivity index (χ1n) is 6.08. The molecule has 0 aliphatic heterocycles. The molecule has 0 spiro atoms. The highest BCUT2D eigenvalue weighted by Crippen LogP contribution is 2.17. The molecule has 0 bridgehead atoms. The zero-order valence-electron chi connectivity index (χ0n) is 10.5. The van der Waals surface area contributed by atoms with Crippen molar-refractivity contribution in [2.24, 2.45) is 5.84 Å². The summed E-state index contributed by atoms with van der Waals surface area (Å²) in [6, 6.07) is 17.1. The fraction of sp³-hybridized carbons (Fsp3) is 0.133. The molecule has 3 N–H and O–H groups in total. The SMILES string of the molecule is NNC(=O)c1ccccc1OCCc1ccccc1. The number of carbonyl (C=O) groups excluding carboxylic acids is 1. The third-order valence-corrected chi connectivity index (χ3v) is 2.75. The first-order chi connectivity index (χ1) is 9.31. The molecular weight excluding hydrogens is 240 g/mol. The van der Waals surface area contributed by atoms with E-state index in [2.05, 4.69) is 5.43 Å². The van der Waals surface area contributed by atoms with Crippen LogP contribution in [0.4, 0.5) is 0 Å². The van der Waals surface area contributed by atoms with Gasteiger partial charge in [-0.3, -0.25) is 10.2 Å². The summed E-state index contributed by atoms with van der Waals surface area (Å²) in [5, 5.41) is 0. The fourth-order valence-electron chi connectivity index (χ4n) is 1.78. The van der Waals surface area contributed by atoms with E-state index in [0.29, 0.717) is 17.9 Å². The Balaban J connectivity index is 1.98. The predicted octanol–water partition coefficient (Wildman–Crippen LogP) is 1.91. The van der Waals surface area contributed by atoms with Crippen LogP contribution in [0.2, 0.25) is 0 Å². The number of rotatable bonds is 5. The number of amides is 1. The third-order valence-electron chi connectivity index (χ3n) is 2.75. The van der Waals surface area contributed by atoms with E-state index in [1.807, 2.05) is 36.4 Å². The van der Waals surface area contributed by atoms with Gasteiger partial charge in [-0.15, -0.1) is 0 Å². The van der Waals surface area contributed by atoms with E-state index in [4.69, 9.17) is 10.6 Å². The maximum absolute atomic E-state index is 11.6. The number of hydrogen-bond acceptors (Lipinski definition) is 3. The van der Waals surface area contributed by atoms with Crippen LogP contribution in [0.1, 0.15) is 15.9 Å². The molecule has 0 aliphatic rings. The second-order valence-corrected chi connectivity index (χ2v) is 4.05. The highest BCUT2D eigenvalue weighted by atomic mass is 16.5. The van der Waals surface area contributed by atoms with Gasteiger partial charge in [0, 0.05) is 6.42 Å². The highest BCUT2D eigenvalue weighted by Gasteiger charge is 2.10. The van der Waals surface area contributed by atoms with Gasteiger partial charge in [0.25, 0.3) is 5.91 Å². The molecule has 0 aromatic heterocycles. The Morgan fingerprint density at radius 2 is 1.74 bits per heavy atom. The average molecular weight is 256 g/mol. The van der Waals surface area contributed by atoms with Crippen LogP contribution in [0.5, 0.6) is 5.75 Å². The Hall–Kier alpha value is -2.33. The van der Waals surface area contributed by atoms with Crippen molar-refractivity contribution in [3.63, 3.8) is 0 Å². The Labute approximate surface area is 112 Å². The quantitative estimate of drug-likeness (QED) is 0.488. The van der Waals surface area contributed by atoms with Crippen LogP contribution in [-0.4, -0.2) is 12.5 Å². The van der Waals surface area contributed by atoms with Gasteiger partial charge in [0.05, 0.1) is 12.2 Å². The molecule has 4 heteroatoms. The van der Waals surface area contributed by atoms with Crippen molar-refractivity contribution in [2.75, 3.05) is 6.61 Å². The molecule has 0 unspecified atom stereocenters. The number of nitrogen functional groups attached to an aromatic ring is 1. The summed E-state index contributed by atoms with van der Waals surface area (Å²) in [4.78, 5) is 11.6. The molecular formula is C15H16N2O2. The zero-order chi connectivity index (χ0) is 13.5. The van der Waals surface area contributed by atoms with Gasteiger partial charge in [0.2, 0.25) is 0 Å². The largest absolute Gasteiger partial charge is 0.492 e. The molecule has 19 heavy (non-hydrogen) atoms. The van der Waals surface area contributed by atoms with E-state index in [9.17, 15) is 4.79 Å². The van der Waals surface area contributed by atoms with Crippen molar-refractivity contribution < 1.29 is 9.53 Å². The maximum atomic E-state index is 11.6. The summed E-state index contributed by atoms with van der Waals surface area (Å²) < 4.78 is 5.65. The first-order valence-corrected chi connectivity index (χ1v) is 6.08. The molecule has 0 saturated heterocycles. The van der Waals surface area contributed by atoms with Crippen LogP contribution in [0.15, 0.2) is 54.6 Å². The molecule has 4 nitrogen and oxygen atoms in total. The minimum atomic E-state index is -0.352. The normalized spacial score (nSPS) is 9.95. The Bertz CT molecular complexity index is 541. The van der Waals surface area contributed by atoms with Crippen LogP contribution < -0.4 is 16.0 Å². The van der Waals surface area contributed by atoms with Gasteiger partial charge < -0.3 is 4.74 Å².